The molecule has 2 fully saturated rings. The highest BCUT2D eigenvalue weighted by Gasteiger charge is 2.40. The van der Waals surface area contributed by atoms with Crippen LogP contribution in [0.3, 0.4) is 0 Å². The van der Waals surface area contributed by atoms with Gasteiger partial charge in [-0.3, -0.25) is 4.79 Å². The molecule has 0 spiro atoms. The Morgan fingerprint density at radius 2 is 1.86 bits per heavy atom. The van der Waals surface area contributed by atoms with Crippen molar-refractivity contribution in [2.45, 2.75) is 71.6 Å². The fourth-order valence-corrected chi connectivity index (χ4v) is 3.19. The third-order valence-corrected chi connectivity index (χ3v) is 4.99. The molecule has 1 amide bonds. The lowest BCUT2D eigenvalue weighted by atomic mass is 10.1. The summed E-state index contributed by atoms with van der Waals surface area (Å²) in [7, 11) is 0. The molecule has 0 aromatic rings. The van der Waals surface area contributed by atoms with E-state index in [-0.39, 0.29) is 0 Å². The van der Waals surface area contributed by atoms with Crippen LogP contribution in [0.1, 0.15) is 71.6 Å². The second kappa shape index (κ2) is 8.60. The quantitative estimate of drug-likeness (QED) is 0.395. The SMILES string of the molecule is CCCCC/C=C\CCC1CC1CN(CC)C(=O)C1CC1. The highest BCUT2D eigenvalue weighted by molar-refractivity contribution is 5.81. The third-order valence-electron chi connectivity index (χ3n) is 4.99. The van der Waals surface area contributed by atoms with Gasteiger partial charge < -0.3 is 4.90 Å². The first-order chi connectivity index (χ1) is 10.3. The van der Waals surface area contributed by atoms with Crippen molar-refractivity contribution in [3.05, 3.63) is 12.2 Å². The van der Waals surface area contributed by atoms with Crippen LogP contribution >= 0.6 is 0 Å². The lowest BCUT2D eigenvalue weighted by Gasteiger charge is -2.20. The van der Waals surface area contributed by atoms with Crippen LogP contribution in [0.2, 0.25) is 0 Å². The van der Waals surface area contributed by atoms with E-state index in [9.17, 15) is 4.79 Å². The van der Waals surface area contributed by atoms with E-state index in [0.717, 1.165) is 37.8 Å². The molecule has 2 aliphatic rings. The third kappa shape index (κ3) is 5.84. The second-order valence-electron chi connectivity index (χ2n) is 6.95. The molecule has 2 aliphatic carbocycles. The van der Waals surface area contributed by atoms with Crippen LogP contribution in [-0.2, 0) is 4.79 Å². The minimum atomic E-state index is 0.383. The van der Waals surface area contributed by atoms with Crippen LogP contribution in [0.5, 0.6) is 0 Å². The van der Waals surface area contributed by atoms with Gasteiger partial charge in [0.1, 0.15) is 0 Å². The van der Waals surface area contributed by atoms with E-state index in [1.165, 1.54) is 44.9 Å². The Kier molecular flexibility index (Phi) is 6.79. The van der Waals surface area contributed by atoms with Gasteiger partial charge in [-0.15, -0.1) is 0 Å². The average Bonchev–Trinajstić information content (AvgIpc) is 3.38. The van der Waals surface area contributed by atoms with E-state index in [4.69, 9.17) is 0 Å². The molecular weight excluding hydrogens is 258 g/mol. The van der Waals surface area contributed by atoms with Crippen LogP contribution < -0.4 is 0 Å². The van der Waals surface area contributed by atoms with Crippen LogP contribution in [0.15, 0.2) is 12.2 Å². The Hall–Kier alpha value is -0.790. The average molecular weight is 291 g/mol. The predicted molar refractivity (Wildman–Crippen MR) is 89.1 cm³/mol. The van der Waals surface area contributed by atoms with Gasteiger partial charge in [-0.2, -0.15) is 0 Å². The smallest absolute Gasteiger partial charge is 0.225 e. The molecule has 0 heterocycles. The molecule has 2 rings (SSSR count). The van der Waals surface area contributed by atoms with Crippen molar-refractivity contribution in [2.75, 3.05) is 13.1 Å². The maximum atomic E-state index is 12.1. The number of hydrogen-bond acceptors (Lipinski definition) is 1. The number of rotatable bonds is 11. The lowest BCUT2D eigenvalue weighted by Crippen LogP contribution is -2.34. The van der Waals surface area contributed by atoms with E-state index in [1.807, 2.05) is 0 Å². The second-order valence-corrected chi connectivity index (χ2v) is 6.95. The predicted octanol–water partition coefficient (Wildman–Crippen LogP) is 4.80. The van der Waals surface area contributed by atoms with E-state index < -0.39 is 0 Å². The Morgan fingerprint density at radius 3 is 2.52 bits per heavy atom. The van der Waals surface area contributed by atoms with Crippen molar-refractivity contribution in [2.24, 2.45) is 17.8 Å². The summed E-state index contributed by atoms with van der Waals surface area (Å²) in [6.07, 6.45) is 16.2. The number of hydrogen-bond donors (Lipinski definition) is 0. The largest absolute Gasteiger partial charge is 0.342 e. The molecule has 2 unspecified atom stereocenters. The normalized spacial score (nSPS) is 24.5. The molecule has 120 valence electrons. The molecule has 0 radical (unpaired) electrons. The molecule has 0 saturated heterocycles. The molecule has 0 N–H and O–H groups in total. The van der Waals surface area contributed by atoms with Crippen molar-refractivity contribution in [3.63, 3.8) is 0 Å². The monoisotopic (exact) mass is 291 g/mol. The van der Waals surface area contributed by atoms with Crippen molar-refractivity contribution in [1.29, 1.82) is 0 Å². The van der Waals surface area contributed by atoms with Gasteiger partial charge in [-0.05, 0) is 63.7 Å². The van der Waals surface area contributed by atoms with Crippen molar-refractivity contribution in [3.8, 4) is 0 Å². The molecule has 0 aromatic heterocycles. The molecule has 2 saturated carbocycles. The number of carbonyl (C=O) groups excluding carboxylic acids is 1. The van der Waals surface area contributed by atoms with Gasteiger partial charge in [0.25, 0.3) is 0 Å². The van der Waals surface area contributed by atoms with Gasteiger partial charge in [0.05, 0.1) is 0 Å². The first kappa shape index (κ1) is 16.6. The molecule has 2 nitrogen and oxygen atoms in total. The van der Waals surface area contributed by atoms with Crippen molar-refractivity contribution < 1.29 is 4.79 Å². The summed E-state index contributed by atoms with van der Waals surface area (Å²) in [5.41, 5.74) is 0. The Balaban J connectivity index is 1.54. The summed E-state index contributed by atoms with van der Waals surface area (Å²) in [5, 5.41) is 0. The number of carbonyl (C=O) groups is 1. The Morgan fingerprint density at radius 1 is 1.10 bits per heavy atom. The summed E-state index contributed by atoms with van der Waals surface area (Å²) in [5.74, 6) is 2.49. The zero-order valence-electron chi connectivity index (χ0n) is 14.0. The van der Waals surface area contributed by atoms with Crippen molar-refractivity contribution >= 4 is 5.91 Å². The molecular formula is C19H33NO. The Bertz CT molecular complexity index is 345. The summed E-state index contributed by atoms with van der Waals surface area (Å²) in [6.45, 7) is 6.30. The first-order valence-electron chi connectivity index (χ1n) is 9.20. The molecule has 2 heteroatoms. The molecule has 0 bridgehead atoms. The molecule has 0 aromatic carbocycles. The summed E-state index contributed by atoms with van der Waals surface area (Å²) >= 11 is 0. The Labute approximate surface area is 131 Å². The molecule has 2 atom stereocenters. The lowest BCUT2D eigenvalue weighted by molar-refractivity contribution is -0.132. The summed E-state index contributed by atoms with van der Waals surface area (Å²) in [6, 6.07) is 0. The first-order valence-corrected chi connectivity index (χ1v) is 9.20. The molecule has 0 aliphatic heterocycles. The summed E-state index contributed by atoms with van der Waals surface area (Å²) < 4.78 is 0. The van der Waals surface area contributed by atoms with E-state index >= 15 is 0 Å². The highest BCUT2D eigenvalue weighted by Crippen LogP contribution is 2.43. The van der Waals surface area contributed by atoms with Gasteiger partial charge in [0.2, 0.25) is 5.91 Å². The van der Waals surface area contributed by atoms with E-state index in [0.29, 0.717) is 11.8 Å². The van der Waals surface area contributed by atoms with E-state index in [2.05, 4.69) is 30.9 Å². The maximum absolute atomic E-state index is 12.1. The fourth-order valence-electron chi connectivity index (χ4n) is 3.19. The standard InChI is InChI=1S/C19H33NO/c1-3-5-6-7-8-9-10-11-17-14-18(17)15-20(4-2)19(21)16-12-13-16/h8-9,16-18H,3-7,10-15H2,1-2H3/b9-8-. The molecule has 21 heavy (non-hydrogen) atoms. The number of allylic oxidation sites excluding steroid dienone is 2. The van der Waals surface area contributed by atoms with Crippen molar-refractivity contribution in [1.82, 2.24) is 4.90 Å². The van der Waals surface area contributed by atoms with Crippen LogP contribution in [-0.4, -0.2) is 23.9 Å². The minimum absolute atomic E-state index is 0.383. The maximum Gasteiger partial charge on any atom is 0.225 e. The topological polar surface area (TPSA) is 20.3 Å². The van der Waals surface area contributed by atoms with Crippen LogP contribution in [0, 0.1) is 17.8 Å². The zero-order valence-corrected chi connectivity index (χ0v) is 14.0. The number of amides is 1. The number of unbranched alkanes of at least 4 members (excludes halogenated alkanes) is 3. The minimum Gasteiger partial charge on any atom is -0.342 e. The highest BCUT2D eigenvalue weighted by atomic mass is 16.2. The van der Waals surface area contributed by atoms with Crippen LogP contribution in [0.4, 0.5) is 0 Å². The van der Waals surface area contributed by atoms with Crippen LogP contribution in [0.25, 0.3) is 0 Å². The van der Waals surface area contributed by atoms with E-state index in [1.54, 1.807) is 0 Å². The van der Waals surface area contributed by atoms with Gasteiger partial charge in [-0.25, -0.2) is 0 Å². The zero-order chi connectivity index (χ0) is 15.1. The van der Waals surface area contributed by atoms with Gasteiger partial charge in [0, 0.05) is 19.0 Å². The number of nitrogens with zero attached hydrogens (tertiary/aromatic N) is 1. The fraction of sp³-hybridized carbons (Fsp3) is 0.842. The summed E-state index contributed by atoms with van der Waals surface area (Å²) in [4.78, 5) is 14.2. The van der Waals surface area contributed by atoms with Gasteiger partial charge in [0.15, 0.2) is 0 Å². The van der Waals surface area contributed by atoms with Gasteiger partial charge in [-0.1, -0.05) is 31.9 Å². The van der Waals surface area contributed by atoms with Gasteiger partial charge >= 0.3 is 0 Å².